The number of carbonyl (C=O) groups is 2. The molecule has 0 fully saturated rings. The maximum atomic E-state index is 11.1. The lowest BCUT2D eigenvalue weighted by Crippen LogP contribution is -2.37. The van der Waals surface area contributed by atoms with Crippen molar-refractivity contribution in [3.63, 3.8) is 0 Å². The molecule has 0 aliphatic rings. The summed E-state index contributed by atoms with van der Waals surface area (Å²) in [6.07, 6.45) is 7.78. The lowest BCUT2D eigenvalue weighted by molar-refractivity contribution is -0.141. The third-order valence-electron chi connectivity index (χ3n) is 4.38. The van der Waals surface area contributed by atoms with E-state index in [0.717, 1.165) is 12.8 Å². The Morgan fingerprint density at radius 2 is 1.36 bits per heavy atom. The highest BCUT2D eigenvalue weighted by Crippen LogP contribution is 2.18. The first kappa shape index (κ1) is 29.3. The number of aliphatic hydroxyl groups is 4. The fraction of sp³-hybridized carbons (Fsp3) is 0.895. The Labute approximate surface area is 172 Å². The minimum absolute atomic E-state index is 0.105. The summed E-state index contributed by atoms with van der Waals surface area (Å²) in [5, 5.41) is 51.6. The summed E-state index contributed by atoms with van der Waals surface area (Å²) in [6, 6.07) is 0. The standard InChI is InChI=1S/C14H26O4S.C5H12O4/c1-2-3-4-5-6-7-8-12(14(17)18)11-19-10-9-13(15)16;6-1-5(2-7,3-8)4-9/h12H,2-11H2,1H3,(H,15,16)(H,17,18);6-9H,1-4H2. The molecular weight excluding hydrogens is 388 g/mol. The Kier molecular flexibility index (Phi) is 20.4. The van der Waals surface area contributed by atoms with E-state index in [1.54, 1.807) is 0 Å². The summed E-state index contributed by atoms with van der Waals surface area (Å²) in [7, 11) is 0. The van der Waals surface area contributed by atoms with E-state index in [2.05, 4.69) is 6.92 Å². The fourth-order valence-corrected chi connectivity index (χ4v) is 3.21. The minimum Gasteiger partial charge on any atom is -0.481 e. The summed E-state index contributed by atoms with van der Waals surface area (Å²) in [6.45, 7) is 0.550. The van der Waals surface area contributed by atoms with Crippen molar-refractivity contribution in [1.29, 1.82) is 0 Å². The Morgan fingerprint density at radius 1 is 0.857 bits per heavy atom. The van der Waals surface area contributed by atoms with Crippen LogP contribution >= 0.6 is 11.8 Å². The van der Waals surface area contributed by atoms with Gasteiger partial charge in [0, 0.05) is 11.5 Å². The molecule has 0 heterocycles. The van der Waals surface area contributed by atoms with E-state index in [4.69, 9.17) is 30.6 Å². The number of aliphatic hydroxyl groups excluding tert-OH is 4. The second kappa shape index (κ2) is 19.4. The Balaban J connectivity index is 0. The monoisotopic (exact) mass is 426 g/mol. The molecule has 28 heavy (non-hydrogen) atoms. The van der Waals surface area contributed by atoms with Gasteiger partial charge in [0.2, 0.25) is 0 Å². The van der Waals surface area contributed by atoms with Crippen molar-refractivity contribution in [2.75, 3.05) is 37.9 Å². The van der Waals surface area contributed by atoms with Crippen molar-refractivity contribution in [1.82, 2.24) is 0 Å². The van der Waals surface area contributed by atoms with Gasteiger partial charge in [0.05, 0.1) is 44.2 Å². The average molecular weight is 427 g/mol. The van der Waals surface area contributed by atoms with Gasteiger partial charge in [0.25, 0.3) is 0 Å². The highest BCUT2D eigenvalue weighted by molar-refractivity contribution is 7.99. The molecule has 0 bridgehead atoms. The maximum Gasteiger partial charge on any atom is 0.307 e. The number of rotatable bonds is 17. The van der Waals surface area contributed by atoms with Gasteiger partial charge < -0.3 is 30.6 Å². The third-order valence-corrected chi connectivity index (χ3v) is 5.51. The molecule has 0 aromatic rings. The SMILES string of the molecule is CCCCCCCCC(CSCCC(=O)O)C(=O)O.OCC(CO)(CO)CO. The molecule has 0 rings (SSSR count). The van der Waals surface area contributed by atoms with E-state index in [1.165, 1.54) is 37.4 Å². The molecule has 0 aromatic carbocycles. The van der Waals surface area contributed by atoms with Crippen molar-refractivity contribution in [2.24, 2.45) is 11.3 Å². The largest absolute Gasteiger partial charge is 0.481 e. The molecule has 0 spiro atoms. The quantitative estimate of drug-likeness (QED) is 0.190. The van der Waals surface area contributed by atoms with Crippen LogP contribution in [0.25, 0.3) is 0 Å². The van der Waals surface area contributed by atoms with Gasteiger partial charge in [0.15, 0.2) is 0 Å². The van der Waals surface area contributed by atoms with Gasteiger partial charge in [-0.3, -0.25) is 9.59 Å². The van der Waals surface area contributed by atoms with Gasteiger partial charge in [-0.15, -0.1) is 0 Å². The fourth-order valence-electron chi connectivity index (χ4n) is 2.13. The molecule has 0 aromatic heterocycles. The van der Waals surface area contributed by atoms with Gasteiger partial charge in [-0.25, -0.2) is 0 Å². The molecule has 0 aliphatic carbocycles. The molecule has 8 nitrogen and oxygen atoms in total. The Hall–Kier alpha value is -0.870. The van der Waals surface area contributed by atoms with Crippen LogP contribution in [0.1, 0.15) is 58.3 Å². The molecule has 0 radical (unpaired) electrons. The molecule has 9 heteroatoms. The van der Waals surface area contributed by atoms with Crippen molar-refractivity contribution in [3.05, 3.63) is 0 Å². The number of aliphatic carboxylic acids is 2. The van der Waals surface area contributed by atoms with Crippen LogP contribution in [0.15, 0.2) is 0 Å². The maximum absolute atomic E-state index is 11.1. The zero-order chi connectivity index (χ0) is 21.8. The summed E-state index contributed by atoms with van der Waals surface area (Å²) in [5.74, 6) is -0.885. The Bertz CT molecular complexity index is 371. The second-order valence-electron chi connectivity index (χ2n) is 6.94. The van der Waals surface area contributed by atoms with E-state index in [-0.39, 0.29) is 12.3 Å². The first-order valence-corrected chi connectivity index (χ1v) is 10.9. The van der Waals surface area contributed by atoms with Gasteiger partial charge in [-0.1, -0.05) is 45.4 Å². The topological polar surface area (TPSA) is 156 Å². The predicted molar refractivity (Wildman–Crippen MR) is 109 cm³/mol. The first-order valence-electron chi connectivity index (χ1n) is 9.78. The first-order chi connectivity index (χ1) is 13.3. The minimum atomic E-state index is -1.11. The predicted octanol–water partition coefficient (Wildman–Crippen LogP) is 1.59. The molecule has 1 unspecified atom stereocenters. The van der Waals surface area contributed by atoms with Crippen LogP contribution in [0.3, 0.4) is 0 Å². The molecule has 0 aliphatic heterocycles. The van der Waals surface area contributed by atoms with E-state index < -0.39 is 43.8 Å². The zero-order valence-corrected chi connectivity index (χ0v) is 17.7. The molecule has 0 saturated heterocycles. The van der Waals surface area contributed by atoms with Crippen LogP contribution in [-0.2, 0) is 9.59 Å². The van der Waals surface area contributed by atoms with Crippen LogP contribution in [0, 0.1) is 11.3 Å². The third kappa shape index (κ3) is 16.1. The number of hydrogen-bond donors (Lipinski definition) is 6. The lowest BCUT2D eigenvalue weighted by atomic mass is 9.93. The summed E-state index contributed by atoms with van der Waals surface area (Å²) < 4.78 is 0. The molecule has 6 N–H and O–H groups in total. The number of thioether (sulfide) groups is 1. The van der Waals surface area contributed by atoms with E-state index in [0.29, 0.717) is 17.9 Å². The lowest BCUT2D eigenvalue weighted by Gasteiger charge is -2.23. The number of carboxylic acids is 2. The average Bonchev–Trinajstić information content (AvgIpc) is 2.68. The van der Waals surface area contributed by atoms with Crippen molar-refractivity contribution >= 4 is 23.7 Å². The highest BCUT2D eigenvalue weighted by atomic mass is 32.2. The van der Waals surface area contributed by atoms with Crippen LogP contribution < -0.4 is 0 Å². The van der Waals surface area contributed by atoms with Crippen molar-refractivity contribution < 1.29 is 40.2 Å². The zero-order valence-electron chi connectivity index (χ0n) is 16.9. The highest BCUT2D eigenvalue weighted by Gasteiger charge is 2.26. The van der Waals surface area contributed by atoms with Gasteiger partial charge in [-0.05, 0) is 6.42 Å². The van der Waals surface area contributed by atoms with E-state index in [9.17, 15) is 9.59 Å². The van der Waals surface area contributed by atoms with Gasteiger partial charge in [0.1, 0.15) is 0 Å². The van der Waals surface area contributed by atoms with E-state index in [1.807, 2.05) is 0 Å². The summed E-state index contributed by atoms with van der Waals surface area (Å²) >= 11 is 1.43. The molecule has 0 amide bonds. The van der Waals surface area contributed by atoms with E-state index >= 15 is 0 Å². The van der Waals surface area contributed by atoms with Crippen LogP contribution in [-0.4, -0.2) is 80.5 Å². The number of carboxylic acid groups (broad SMARTS) is 2. The molecular formula is C19H38O8S. The van der Waals surface area contributed by atoms with Crippen LogP contribution in [0.2, 0.25) is 0 Å². The molecule has 0 saturated carbocycles. The van der Waals surface area contributed by atoms with Gasteiger partial charge in [-0.2, -0.15) is 11.8 Å². The van der Waals surface area contributed by atoms with Crippen LogP contribution in [0.4, 0.5) is 0 Å². The number of unbranched alkanes of at least 4 members (excludes halogenated alkanes) is 5. The number of hydrogen-bond acceptors (Lipinski definition) is 7. The smallest absolute Gasteiger partial charge is 0.307 e. The summed E-state index contributed by atoms with van der Waals surface area (Å²) in [5.41, 5.74) is -1.11. The normalized spacial score (nSPS) is 12.2. The van der Waals surface area contributed by atoms with Crippen LogP contribution in [0.5, 0.6) is 0 Å². The molecule has 1 atom stereocenters. The summed E-state index contributed by atoms with van der Waals surface area (Å²) in [4.78, 5) is 21.4. The van der Waals surface area contributed by atoms with Crippen molar-refractivity contribution in [2.45, 2.75) is 58.3 Å². The second-order valence-corrected chi connectivity index (χ2v) is 8.09. The Morgan fingerprint density at radius 3 is 1.75 bits per heavy atom. The van der Waals surface area contributed by atoms with Gasteiger partial charge >= 0.3 is 11.9 Å². The molecule has 168 valence electrons. The van der Waals surface area contributed by atoms with Crippen molar-refractivity contribution in [3.8, 4) is 0 Å².